The molecule has 0 bridgehead atoms. The van der Waals surface area contributed by atoms with Crippen molar-refractivity contribution in [1.82, 2.24) is 0 Å². The first-order chi connectivity index (χ1) is 13.1. The first kappa shape index (κ1) is 18.7. The molecular formula is C22H22O5. The van der Waals surface area contributed by atoms with E-state index in [1.54, 1.807) is 13.0 Å². The molecule has 1 heterocycles. The number of rotatable bonds is 8. The van der Waals surface area contributed by atoms with Gasteiger partial charge in [0.1, 0.15) is 17.9 Å². The standard InChI is InChI=1S/C22H22O5/c1-3-16-9-15(10-18-11-19(13-23)27-22(16)18)14-26-20-8-6-5-7-17(20)12-21(24)25-4-2/h5-11,13H,3-4,12,14H2,1-2H3. The first-order valence-corrected chi connectivity index (χ1v) is 9.01. The van der Waals surface area contributed by atoms with Gasteiger partial charge in [0.25, 0.3) is 0 Å². The second-order valence-electron chi connectivity index (χ2n) is 6.17. The number of hydrogen-bond acceptors (Lipinski definition) is 5. The Labute approximate surface area is 157 Å². The van der Waals surface area contributed by atoms with Gasteiger partial charge in [0.15, 0.2) is 12.0 Å². The second-order valence-corrected chi connectivity index (χ2v) is 6.17. The van der Waals surface area contributed by atoms with Crippen LogP contribution in [0.2, 0.25) is 0 Å². The molecule has 0 aliphatic heterocycles. The van der Waals surface area contributed by atoms with E-state index in [9.17, 15) is 9.59 Å². The van der Waals surface area contributed by atoms with Crippen molar-refractivity contribution in [2.45, 2.75) is 33.3 Å². The van der Waals surface area contributed by atoms with Crippen molar-refractivity contribution in [1.29, 1.82) is 0 Å². The van der Waals surface area contributed by atoms with Gasteiger partial charge in [-0.3, -0.25) is 9.59 Å². The fourth-order valence-electron chi connectivity index (χ4n) is 3.04. The minimum Gasteiger partial charge on any atom is -0.489 e. The highest BCUT2D eigenvalue weighted by atomic mass is 16.5. The molecule has 0 aliphatic rings. The van der Waals surface area contributed by atoms with Crippen LogP contribution in [0, 0.1) is 0 Å². The molecule has 0 amide bonds. The summed E-state index contributed by atoms with van der Waals surface area (Å²) < 4.78 is 16.6. The van der Waals surface area contributed by atoms with Crippen molar-refractivity contribution in [3.8, 4) is 5.75 Å². The maximum Gasteiger partial charge on any atom is 0.310 e. The maximum atomic E-state index is 11.8. The minimum absolute atomic E-state index is 0.174. The zero-order valence-electron chi connectivity index (χ0n) is 15.5. The molecule has 5 heteroatoms. The number of aryl methyl sites for hydroxylation is 1. The maximum absolute atomic E-state index is 11.8. The lowest BCUT2D eigenvalue weighted by atomic mass is 10.1. The van der Waals surface area contributed by atoms with Crippen LogP contribution in [-0.4, -0.2) is 18.9 Å². The summed E-state index contributed by atoms with van der Waals surface area (Å²) >= 11 is 0. The van der Waals surface area contributed by atoms with Crippen molar-refractivity contribution in [2.75, 3.05) is 6.61 Å². The van der Waals surface area contributed by atoms with Gasteiger partial charge >= 0.3 is 5.97 Å². The Morgan fingerprint density at radius 3 is 2.67 bits per heavy atom. The second kappa shape index (κ2) is 8.54. The Morgan fingerprint density at radius 2 is 1.93 bits per heavy atom. The zero-order chi connectivity index (χ0) is 19.2. The number of furan rings is 1. The predicted octanol–water partition coefficient (Wildman–Crippen LogP) is 4.49. The number of carbonyl (C=O) groups excluding carboxylic acids is 2. The normalized spacial score (nSPS) is 10.7. The Morgan fingerprint density at radius 1 is 1.11 bits per heavy atom. The molecule has 27 heavy (non-hydrogen) atoms. The summed E-state index contributed by atoms with van der Waals surface area (Å²) in [6.45, 7) is 4.53. The summed E-state index contributed by atoms with van der Waals surface area (Å²) in [6, 6.07) is 13.2. The van der Waals surface area contributed by atoms with Gasteiger partial charge < -0.3 is 13.9 Å². The molecule has 140 valence electrons. The summed E-state index contributed by atoms with van der Waals surface area (Å²) in [5, 5.41) is 0.884. The third kappa shape index (κ3) is 4.37. The van der Waals surface area contributed by atoms with E-state index < -0.39 is 0 Å². The highest BCUT2D eigenvalue weighted by Crippen LogP contribution is 2.26. The molecule has 0 spiro atoms. The van der Waals surface area contributed by atoms with Crippen LogP contribution in [0.4, 0.5) is 0 Å². The van der Waals surface area contributed by atoms with Crippen LogP contribution in [0.15, 0.2) is 46.9 Å². The van der Waals surface area contributed by atoms with Crippen LogP contribution >= 0.6 is 0 Å². The van der Waals surface area contributed by atoms with E-state index in [4.69, 9.17) is 13.9 Å². The third-order valence-electron chi connectivity index (χ3n) is 4.28. The van der Waals surface area contributed by atoms with Gasteiger partial charge in [-0.25, -0.2) is 0 Å². The van der Waals surface area contributed by atoms with Crippen molar-refractivity contribution in [3.05, 3.63) is 64.9 Å². The average Bonchev–Trinajstić information content (AvgIpc) is 3.10. The van der Waals surface area contributed by atoms with E-state index in [1.165, 1.54) is 0 Å². The molecular weight excluding hydrogens is 344 g/mol. The average molecular weight is 366 g/mol. The zero-order valence-corrected chi connectivity index (χ0v) is 15.5. The Bertz CT molecular complexity index is 954. The summed E-state index contributed by atoms with van der Waals surface area (Å²) in [7, 11) is 0. The predicted molar refractivity (Wildman–Crippen MR) is 102 cm³/mol. The lowest BCUT2D eigenvalue weighted by Gasteiger charge is -2.12. The van der Waals surface area contributed by atoms with Crippen molar-refractivity contribution < 1.29 is 23.5 Å². The highest BCUT2D eigenvalue weighted by Gasteiger charge is 2.12. The molecule has 2 aromatic carbocycles. The summed E-state index contributed by atoms with van der Waals surface area (Å²) in [5.41, 5.74) is 3.54. The van der Waals surface area contributed by atoms with Crippen molar-refractivity contribution in [3.63, 3.8) is 0 Å². The molecule has 1 aromatic heterocycles. The Kier molecular flexibility index (Phi) is 5.91. The van der Waals surface area contributed by atoms with E-state index in [-0.39, 0.29) is 12.4 Å². The highest BCUT2D eigenvalue weighted by molar-refractivity contribution is 5.87. The fraction of sp³-hybridized carbons (Fsp3) is 0.273. The van der Waals surface area contributed by atoms with Gasteiger partial charge in [-0.15, -0.1) is 0 Å². The number of carbonyl (C=O) groups is 2. The van der Waals surface area contributed by atoms with Crippen molar-refractivity contribution in [2.24, 2.45) is 0 Å². The lowest BCUT2D eigenvalue weighted by Crippen LogP contribution is -2.09. The molecule has 0 saturated heterocycles. The number of para-hydroxylation sites is 1. The number of ether oxygens (including phenoxy) is 2. The summed E-state index contributed by atoms with van der Waals surface area (Å²) in [5.74, 6) is 0.699. The van der Waals surface area contributed by atoms with Gasteiger partial charge in [0.2, 0.25) is 0 Å². The van der Waals surface area contributed by atoms with E-state index in [0.717, 1.165) is 34.1 Å². The molecule has 3 rings (SSSR count). The summed E-state index contributed by atoms with van der Waals surface area (Å²) in [4.78, 5) is 22.8. The monoisotopic (exact) mass is 366 g/mol. The molecule has 0 radical (unpaired) electrons. The number of benzene rings is 2. The van der Waals surface area contributed by atoms with Crippen LogP contribution in [0.1, 0.15) is 41.1 Å². The van der Waals surface area contributed by atoms with E-state index >= 15 is 0 Å². The fourth-order valence-corrected chi connectivity index (χ4v) is 3.04. The third-order valence-corrected chi connectivity index (χ3v) is 4.28. The largest absolute Gasteiger partial charge is 0.489 e. The Hall–Kier alpha value is -3.08. The molecule has 0 N–H and O–H groups in total. The van der Waals surface area contributed by atoms with Gasteiger partial charge in [-0.1, -0.05) is 25.1 Å². The Balaban J connectivity index is 1.81. The topological polar surface area (TPSA) is 65.7 Å². The molecule has 0 aliphatic carbocycles. The molecule has 0 fully saturated rings. The lowest BCUT2D eigenvalue weighted by molar-refractivity contribution is -0.142. The number of fused-ring (bicyclic) bond motifs is 1. The van der Waals surface area contributed by atoms with Gasteiger partial charge in [0, 0.05) is 10.9 Å². The quantitative estimate of drug-likeness (QED) is 0.434. The molecule has 0 atom stereocenters. The first-order valence-electron chi connectivity index (χ1n) is 9.01. The van der Waals surface area contributed by atoms with Gasteiger partial charge in [-0.2, -0.15) is 0 Å². The van der Waals surface area contributed by atoms with Crippen LogP contribution in [0.25, 0.3) is 11.0 Å². The number of esters is 1. The number of aldehydes is 1. The van der Waals surface area contributed by atoms with E-state index in [2.05, 4.69) is 0 Å². The number of hydrogen-bond donors (Lipinski definition) is 0. The smallest absolute Gasteiger partial charge is 0.310 e. The SMILES string of the molecule is CCOC(=O)Cc1ccccc1OCc1cc(CC)c2oc(C=O)cc2c1. The van der Waals surface area contributed by atoms with Crippen molar-refractivity contribution >= 4 is 23.2 Å². The van der Waals surface area contributed by atoms with E-state index in [0.29, 0.717) is 31.0 Å². The van der Waals surface area contributed by atoms with Crippen LogP contribution in [0.3, 0.4) is 0 Å². The van der Waals surface area contributed by atoms with Gasteiger partial charge in [-0.05, 0) is 48.7 Å². The van der Waals surface area contributed by atoms with Crippen LogP contribution in [-0.2, 0) is 29.0 Å². The molecule has 0 saturated carbocycles. The molecule has 5 nitrogen and oxygen atoms in total. The summed E-state index contributed by atoms with van der Waals surface area (Å²) in [6.07, 6.45) is 1.67. The molecule has 3 aromatic rings. The van der Waals surface area contributed by atoms with Crippen LogP contribution < -0.4 is 4.74 Å². The van der Waals surface area contributed by atoms with Crippen LogP contribution in [0.5, 0.6) is 5.75 Å². The van der Waals surface area contributed by atoms with E-state index in [1.807, 2.05) is 43.3 Å². The molecule has 0 unspecified atom stereocenters. The van der Waals surface area contributed by atoms with Gasteiger partial charge in [0.05, 0.1) is 13.0 Å². The minimum atomic E-state index is -0.275.